The van der Waals surface area contributed by atoms with Gasteiger partial charge in [-0.1, -0.05) is 23.9 Å². The van der Waals surface area contributed by atoms with E-state index >= 15 is 0 Å². The summed E-state index contributed by atoms with van der Waals surface area (Å²) in [6, 6.07) is 12.3. The smallest absolute Gasteiger partial charge is 0.151 e. The van der Waals surface area contributed by atoms with Crippen LogP contribution in [-0.4, -0.2) is 9.73 Å². The Hall–Kier alpha value is -1.20. The van der Waals surface area contributed by atoms with Crippen molar-refractivity contribution in [2.24, 2.45) is 5.73 Å². The first-order valence-corrected chi connectivity index (χ1v) is 5.93. The summed E-state index contributed by atoms with van der Waals surface area (Å²) in [6.45, 7) is 0. The molecule has 0 radical (unpaired) electrons. The number of rotatable bonds is 3. The Kier molecular flexibility index (Phi) is 5.31. The van der Waals surface area contributed by atoms with E-state index in [0.717, 1.165) is 11.4 Å². The quantitative estimate of drug-likeness (QED) is 0.675. The molecule has 0 bridgehead atoms. The Morgan fingerprint density at radius 1 is 1.18 bits per heavy atom. The molecule has 0 aliphatic rings. The summed E-state index contributed by atoms with van der Waals surface area (Å²) in [4.78, 5) is 0. The lowest BCUT2D eigenvalue weighted by Crippen LogP contribution is -2.03. The first kappa shape index (κ1) is 13.9. The van der Waals surface area contributed by atoms with Gasteiger partial charge in [0, 0.05) is 23.8 Å². The normalized spacial score (nSPS) is 9.65. The molecule has 0 spiro atoms. The molecule has 5 heteroatoms. The Labute approximate surface area is 115 Å². The van der Waals surface area contributed by atoms with Gasteiger partial charge in [-0.2, -0.15) is 0 Å². The van der Waals surface area contributed by atoms with Gasteiger partial charge in [0.1, 0.15) is 0 Å². The van der Waals surface area contributed by atoms with Crippen LogP contribution in [0.1, 0.15) is 5.56 Å². The number of nitrogens with one attached hydrogen (secondary N) is 1. The fraction of sp³-hybridized carbons (Fsp3) is 0.0833. The number of nitrogens with zero attached hydrogens (tertiary/aromatic N) is 1. The molecule has 2 rings (SSSR count). The van der Waals surface area contributed by atoms with E-state index in [-0.39, 0.29) is 22.1 Å². The van der Waals surface area contributed by atoms with Gasteiger partial charge in [-0.15, -0.1) is 17.0 Å². The van der Waals surface area contributed by atoms with Gasteiger partial charge >= 0.3 is 0 Å². The summed E-state index contributed by atoms with van der Waals surface area (Å²) in [5.41, 5.74) is 7.61. The third-order valence-electron chi connectivity index (χ3n) is 2.23. The molecule has 2 aromatic rings. The van der Waals surface area contributed by atoms with Crippen molar-refractivity contribution < 1.29 is 0 Å². The Morgan fingerprint density at radius 3 is 2.29 bits per heavy atom. The average Bonchev–Trinajstić information content (AvgIpc) is 2.80. The van der Waals surface area contributed by atoms with Crippen LogP contribution in [0.15, 0.2) is 48.8 Å². The monoisotopic (exact) mass is 311 g/mol. The van der Waals surface area contributed by atoms with E-state index < -0.39 is 0 Å². The summed E-state index contributed by atoms with van der Waals surface area (Å²) in [5.74, 6) is 0.751. The number of hydrogen-bond acceptors (Lipinski definition) is 2. The van der Waals surface area contributed by atoms with Crippen molar-refractivity contribution >= 4 is 33.9 Å². The fourth-order valence-corrected chi connectivity index (χ4v) is 1.95. The highest BCUT2D eigenvalue weighted by Gasteiger charge is 1.97. The van der Waals surface area contributed by atoms with Crippen LogP contribution < -0.4 is 5.73 Å². The largest absolute Gasteiger partial charge is 0.379 e. The fourth-order valence-electron chi connectivity index (χ4n) is 1.43. The molecular weight excluding hydrogens is 298 g/mol. The highest BCUT2D eigenvalue weighted by molar-refractivity contribution is 8.93. The predicted octanol–water partition coefficient (Wildman–Crippen LogP) is 3.18. The minimum atomic E-state index is 0. The lowest BCUT2D eigenvalue weighted by atomic mass is 10.2. The number of aromatic nitrogens is 1. The molecule has 0 saturated heterocycles. The highest BCUT2D eigenvalue weighted by Crippen LogP contribution is 2.14. The van der Waals surface area contributed by atoms with Gasteiger partial charge in [-0.3, -0.25) is 5.41 Å². The average molecular weight is 312 g/mol. The number of halogens is 1. The Morgan fingerprint density at radius 2 is 1.76 bits per heavy atom. The molecule has 0 amide bonds. The van der Waals surface area contributed by atoms with Crippen molar-refractivity contribution in [1.29, 1.82) is 5.41 Å². The summed E-state index contributed by atoms with van der Waals surface area (Å²) >= 11 is 1.34. The minimum Gasteiger partial charge on any atom is -0.379 e. The molecule has 0 fully saturated rings. The second-order valence-electron chi connectivity index (χ2n) is 3.41. The molecule has 0 atom stereocenters. The van der Waals surface area contributed by atoms with Crippen molar-refractivity contribution in [3.05, 3.63) is 54.4 Å². The third-order valence-corrected chi connectivity index (χ3v) is 3.02. The van der Waals surface area contributed by atoms with Gasteiger partial charge in [-0.25, -0.2) is 0 Å². The Balaban J connectivity index is 0.00000144. The van der Waals surface area contributed by atoms with E-state index in [1.165, 1.54) is 17.3 Å². The van der Waals surface area contributed by atoms with Crippen LogP contribution in [0.5, 0.6) is 0 Å². The minimum absolute atomic E-state index is 0. The van der Waals surface area contributed by atoms with Crippen LogP contribution in [0.3, 0.4) is 0 Å². The lowest BCUT2D eigenvalue weighted by Gasteiger charge is -2.04. The summed E-state index contributed by atoms with van der Waals surface area (Å²) in [7, 11) is 0. The first-order chi connectivity index (χ1) is 7.75. The molecule has 1 heterocycles. The summed E-state index contributed by atoms with van der Waals surface area (Å²) in [5, 5.41) is 7.30. The van der Waals surface area contributed by atoms with Crippen molar-refractivity contribution in [1.82, 2.24) is 4.57 Å². The standard InChI is InChI=1S/C12H13N3S.BrH/c13-12(14)16-9-10-3-5-11(6-4-10)15-7-1-2-8-15;/h1-8H,9H2,(H3,13,14);1H. The van der Waals surface area contributed by atoms with Crippen molar-refractivity contribution in [2.75, 3.05) is 0 Å². The van der Waals surface area contributed by atoms with Crippen molar-refractivity contribution in [2.45, 2.75) is 5.75 Å². The van der Waals surface area contributed by atoms with E-state index in [9.17, 15) is 0 Å². The molecule has 0 aliphatic heterocycles. The summed E-state index contributed by atoms with van der Waals surface area (Å²) in [6.07, 6.45) is 4.03. The van der Waals surface area contributed by atoms with Crippen LogP contribution in [0.4, 0.5) is 0 Å². The lowest BCUT2D eigenvalue weighted by molar-refractivity contribution is 1.08. The van der Waals surface area contributed by atoms with Gasteiger partial charge in [-0.05, 0) is 29.8 Å². The predicted molar refractivity (Wildman–Crippen MR) is 79.3 cm³/mol. The number of thioether (sulfide) groups is 1. The molecule has 0 aliphatic carbocycles. The molecule has 17 heavy (non-hydrogen) atoms. The number of nitrogens with two attached hydrogens (primary N) is 1. The zero-order valence-corrected chi connectivity index (χ0v) is 11.7. The molecule has 0 unspecified atom stereocenters. The van der Waals surface area contributed by atoms with E-state index in [0.29, 0.717) is 0 Å². The van der Waals surface area contributed by atoms with Crippen molar-refractivity contribution in [3.63, 3.8) is 0 Å². The SMILES string of the molecule is Br.N=C(N)SCc1ccc(-n2cccc2)cc1. The molecule has 3 nitrogen and oxygen atoms in total. The van der Waals surface area contributed by atoms with Gasteiger partial charge in [0.05, 0.1) is 0 Å². The number of hydrogen-bond donors (Lipinski definition) is 2. The van der Waals surface area contributed by atoms with E-state index in [2.05, 4.69) is 28.8 Å². The van der Waals surface area contributed by atoms with Crippen LogP contribution in [0, 0.1) is 5.41 Å². The first-order valence-electron chi connectivity index (χ1n) is 4.95. The van der Waals surface area contributed by atoms with Gasteiger partial charge in [0.15, 0.2) is 5.17 Å². The molecule has 1 aromatic heterocycles. The van der Waals surface area contributed by atoms with Crippen LogP contribution >= 0.6 is 28.7 Å². The Bertz CT molecular complexity index is 465. The van der Waals surface area contributed by atoms with Gasteiger partial charge in [0.25, 0.3) is 0 Å². The molecular formula is C12H14BrN3S. The third kappa shape index (κ3) is 3.94. The van der Waals surface area contributed by atoms with Crippen LogP contribution in [-0.2, 0) is 5.75 Å². The highest BCUT2D eigenvalue weighted by atomic mass is 79.9. The molecule has 3 N–H and O–H groups in total. The van der Waals surface area contributed by atoms with E-state index in [1.807, 2.05) is 24.5 Å². The molecule has 1 aromatic carbocycles. The second-order valence-corrected chi connectivity index (χ2v) is 4.43. The molecule has 0 saturated carbocycles. The summed E-state index contributed by atoms with van der Waals surface area (Å²) < 4.78 is 2.06. The second kappa shape index (κ2) is 6.51. The van der Waals surface area contributed by atoms with E-state index in [1.54, 1.807) is 0 Å². The van der Waals surface area contributed by atoms with Gasteiger partial charge in [0.2, 0.25) is 0 Å². The number of benzene rings is 1. The molecule has 90 valence electrons. The van der Waals surface area contributed by atoms with Crippen molar-refractivity contribution in [3.8, 4) is 5.69 Å². The zero-order valence-electron chi connectivity index (χ0n) is 9.17. The maximum Gasteiger partial charge on any atom is 0.151 e. The zero-order chi connectivity index (χ0) is 11.4. The topological polar surface area (TPSA) is 54.8 Å². The van der Waals surface area contributed by atoms with Crippen LogP contribution in [0.25, 0.3) is 5.69 Å². The number of amidine groups is 1. The van der Waals surface area contributed by atoms with E-state index in [4.69, 9.17) is 11.1 Å². The van der Waals surface area contributed by atoms with Crippen LogP contribution in [0.2, 0.25) is 0 Å². The maximum absolute atomic E-state index is 7.14. The van der Waals surface area contributed by atoms with Gasteiger partial charge < -0.3 is 10.3 Å². The maximum atomic E-state index is 7.14.